The highest BCUT2D eigenvalue weighted by molar-refractivity contribution is 5.85. The summed E-state index contributed by atoms with van der Waals surface area (Å²) in [5, 5.41) is 8.49. The van der Waals surface area contributed by atoms with Crippen LogP contribution >= 0.6 is 0 Å². The van der Waals surface area contributed by atoms with Gasteiger partial charge in [0.15, 0.2) is 0 Å². The molecule has 4 nitrogen and oxygen atoms in total. The van der Waals surface area contributed by atoms with E-state index < -0.39 is 5.97 Å². The van der Waals surface area contributed by atoms with Crippen molar-refractivity contribution < 1.29 is 19.4 Å². The van der Waals surface area contributed by atoms with E-state index in [1.807, 2.05) is 31.2 Å². The van der Waals surface area contributed by atoms with Gasteiger partial charge in [0.05, 0.1) is 13.2 Å². The molecule has 0 amide bonds. The Hall–Kier alpha value is -1.65. The third-order valence-electron chi connectivity index (χ3n) is 2.16. The van der Waals surface area contributed by atoms with Crippen LogP contribution in [0.5, 0.6) is 0 Å². The van der Waals surface area contributed by atoms with Crippen molar-refractivity contribution in [3.63, 3.8) is 0 Å². The van der Waals surface area contributed by atoms with Gasteiger partial charge in [-0.05, 0) is 24.1 Å². The zero-order chi connectivity index (χ0) is 13.2. The third kappa shape index (κ3) is 6.18. The summed E-state index contributed by atoms with van der Waals surface area (Å²) in [4.78, 5) is 10.3. The molecule has 4 heteroatoms. The van der Waals surface area contributed by atoms with Gasteiger partial charge in [0.25, 0.3) is 0 Å². The van der Waals surface area contributed by atoms with Crippen LogP contribution in [0, 0.1) is 6.61 Å². The Balaban J connectivity index is 2.34. The number of carbonyl (C=O) groups is 1. The summed E-state index contributed by atoms with van der Waals surface area (Å²) in [5.74, 6) is -0.951. The van der Waals surface area contributed by atoms with Crippen molar-refractivity contribution in [3.8, 4) is 0 Å². The van der Waals surface area contributed by atoms with Crippen LogP contribution in [0.1, 0.15) is 18.1 Å². The Morgan fingerprint density at radius 3 is 2.67 bits per heavy atom. The van der Waals surface area contributed by atoms with Crippen LogP contribution < -0.4 is 0 Å². The van der Waals surface area contributed by atoms with Gasteiger partial charge in [0.2, 0.25) is 0 Å². The maximum atomic E-state index is 10.3. The smallest absolute Gasteiger partial charge is 0.328 e. The molecule has 0 aromatic heterocycles. The first-order chi connectivity index (χ1) is 8.72. The molecule has 0 bridgehead atoms. The molecule has 1 radical (unpaired) electrons. The van der Waals surface area contributed by atoms with Gasteiger partial charge in [0.1, 0.15) is 6.61 Å². The van der Waals surface area contributed by atoms with E-state index in [1.54, 1.807) is 12.7 Å². The van der Waals surface area contributed by atoms with E-state index in [-0.39, 0.29) is 0 Å². The molecule has 1 aromatic rings. The maximum absolute atomic E-state index is 10.3. The zero-order valence-corrected chi connectivity index (χ0v) is 10.3. The van der Waals surface area contributed by atoms with Crippen molar-refractivity contribution in [1.82, 2.24) is 0 Å². The van der Waals surface area contributed by atoms with Crippen molar-refractivity contribution in [3.05, 3.63) is 48.1 Å². The van der Waals surface area contributed by atoms with Crippen LogP contribution in [-0.2, 0) is 20.9 Å². The molecule has 0 saturated carbocycles. The molecule has 18 heavy (non-hydrogen) atoms. The maximum Gasteiger partial charge on any atom is 0.328 e. The average molecular weight is 249 g/mol. The summed E-state index contributed by atoms with van der Waals surface area (Å²) in [6.07, 6.45) is 2.66. The third-order valence-corrected chi connectivity index (χ3v) is 2.16. The molecule has 0 fully saturated rings. The van der Waals surface area contributed by atoms with E-state index in [2.05, 4.69) is 0 Å². The first kappa shape index (κ1) is 14.4. The molecule has 0 unspecified atom stereocenters. The number of ether oxygens (including phenoxy) is 2. The minimum Gasteiger partial charge on any atom is -0.478 e. The van der Waals surface area contributed by atoms with Crippen molar-refractivity contribution in [2.24, 2.45) is 0 Å². The molecule has 0 heterocycles. The van der Waals surface area contributed by atoms with Gasteiger partial charge in [-0.15, -0.1) is 0 Å². The second-order valence-electron chi connectivity index (χ2n) is 3.55. The standard InChI is InChI=1S/C14H17O4/c1-2-17-9-10-18-11-13-5-3-12(4-6-13)7-8-14(15)16/h3-8,10H,2,9,11H2,1H3,(H,15,16). The highest BCUT2D eigenvalue weighted by Gasteiger charge is 1.95. The van der Waals surface area contributed by atoms with Gasteiger partial charge < -0.3 is 14.6 Å². The van der Waals surface area contributed by atoms with E-state index in [0.717, 1.165) is 17.2 Å². The first-order valence-corrected chi connectivity index (χ1v) is 5.73. The van der Waals surface area contributed by atoms with E-state index >= 15 is 0 Å². The monoisotopic (exact) mass is 249 g/mol. The largest absolute Gasteiger partial charge is 0.478 e. The number of hydrogen-bond acceptors (Lipinski definition) is 3. The van der Waals surface area contributed by atoms with E-state index in [9.17, 15) is 4.79 Å². The minimum absolute atomic E-state index is 0.482. The van der Waals surface area contributed by atoms with Crippen molar-refractivity contribution in [2.75, 3.05) is 13.2 Å². The lowest BCUT2D eigenvalue weighted by Crippen LogP contribution is -1.98. The van der Waals surface area contributed by atoms with Gasteiger partial charge in [-0.25, -0.2) is 4.79 Å². The summed E-state index contributed by atoms with van der Waals surface area (Å²) in [6, 6.07) is 7.49. The van der Waals surface area contributed by atoms with Crippen LogP contribution in [0.4, 0.5) is 0 Å². The fourth-order valence-corrected chi connectivity index (χ4v) is 1.26. The molecular formula is C14H17O4. The normalized spacial score (nSPS) is 10.9. The fraction of sp³-hybridized carbons (Fsp3) is 0.286. The Labute approximate surface area is 107 Å². The first-order valence-electron chi connectivity index (χ1n) is 5.73. The predicted molar refractivity (Wildman–Crippen MR) is 68.7 cm³/mol. The number of carboxylic acids is 1. The van der Waals surface area contributed by atoms with Crippen LogP contribution in [-0.4, -0.2) is 24.3 Å². The zero-order valence-electron chi connectivity index (χ0n) is 10.3. The van der Waals surface area contributed by atoms with Crippen LogP contribution in [0.15, 0.2) is 30.3 Å². The molecule has 0 atom stereocenters. The van der Waals surface area contributed by atoms with Gasteiger partial charge in [-0.2, -0.15) is 0 Å². The highest BCUT2D eigenvalue weighted by atomic mass is 16.5. The number of rotatable bonds is 8. The van der Waals surface area contributed by atoms with Gasteiger partial charge >= 0.3 is 5.97 Å². The van der Waals surface area contributed by atoms with Gasteiger partial charge in [0, 0.05) is 12.7 Å². The fourth-order valence-electron chi connectivity index (χ4n) is 1.26. The van der Waals surface area contributed by atoms with E-state index in [1.165, 1.54) is 0 Å². The molecule has 0 spiro atoms. The lowest BCUT2D eigenvalue weighted by molar-refractivity contribution is -0.131. The summed E-state index contributed by atoms with van der Waals surface area (Å²) in [7, 11) is 0. The molecule has 0 aliphatic heterocycles. The van der Waals surface area contributed by atoms with Crippen LogP contribution in [0.3, 0.4) is 0 Å². The molecule has 0 aliphatic carbocycles. The average Bonchev–Trinajstić information content (AvgIpc) is 2.37. The Bertz CT molecular complexity index is 381. The Kier molecular flexibility index (Phi) is 6.76. The quantitative estimate of drug-likeness (QED) is 0.568. The predicted octanol–water partition coefficient (Wildman–Crippen LogP) is 2.50. The second-order valence-corrected chi connectivity index (χ2v) is 3.55. The van der Waals surface area contributed by atoms with Crippen molar-refractivity contribution in [2.45, 2.75) is 13.5 Å². The molecular weight excluding hydrogens is 232 g/mol. The Morgan fingerprint density at radius 2 is 2.06 bits per heavy atom. The van der Waals surface area contributed by atoms with Gasteiger partial charge in [-0.3, -0.25) is 0 Å². The molecule has 1 aromatic carbocycles. The van der Waals surface area contributed by atoms with Gasteiger partial charge in [-0.1, -0.05) is 24.3 Å². The summed E-state index contributed by atoms with van der Waals surface area (Å²) in [6.45, 7) is 5.19. The van der Waals surface area contributed by atoms with E-state index in [0.29, 0.717) is 19.8 Å². The Morgan fingerprint density at radius 1 is 1.33 bits per heavy atom. The number of benzene rings is 1. The summed E-state index contributed by atoms with van der Waals surface area (Å²) < 4.78 is 10.4. The van der Waals surface area contributed by atoms with E-state index in [4.69, 9.17) is 14.6 Å². The lowest BCUT2D eigenvalue weighted by atomic mass is 10.1. The van der Waals surface area contributed by atoms with Crippen molar-refractivity contribution in [1.29, 1.82) is 0 Å². The minimum atomic E-state index is -0.951. The molecule has 0 saturated heterocycles. The SMILES string of the molecule is CCOC[CH]OCc1ccc(C=CC(=O)O)cc1. The lowest BCUT2D eigenvalue weighted by Gasteiger charge is -2.04. The second kappa shape index (κ2) is 8.44. The highest BCUT2D eigenvalue weighted by Crippen LogP contribution is 2.07. The van der Waals surface area contributed by atoms with Crippen molar-refractivity contribution >= 4 is 12.0 Å². The molecule has 97 valence electrons. The number of aliphatic carboxylic acids is 1. The summed E-state index contributed by atoms with van der Waals surface area (Å²) >= 11 is 0. The topological polar surface area (TPSA) is 55.8 Å². The number of carboxylic acid groups (broad SMARTS) is 1. The van der Waals surface area contributed by atoms with Crippen LogP contribution in [0.2, 0.25) is 0 Å². The van der Waals surface area contributed by atoms with Crippen LogP contribution in [0.25, 0.3) is 6.08 Å². The molecule has 0 aliphatic rings. The summed E-state index contributed by atoms with van der Waals surface area (Å²) in [5.41, 5.74) is 1.87. The molecule has 1 N–H and O–H groups in total. The molecule has 1 rings (SSSR count). The number of hydrogen-bond donors (Lipinski definition) is 1.